The van der Waals surface area contributed by atoms with Crippen LogP contribution in [0.5, 0.6) is 0 Å². The first kappa shape index (κ1) is 16.9. The van der Waals surface area contributed by atoms with Gasteiger partial charge in [0.2, 0.25) is 5.95 Å². The van der Waals surface area contributed by atoms with Gasteiger partial charge in [-0.25, -0.2) is 15.4 Å². The van der Waals surface area contributed by atoms with Gasteiger partial charge in [-0.05, 0) is 36.0 Å². The van der Waals surface area contributed by atoms with Gasteiger partial charge in [-0.15, -0.1) is 0 Å². The lowest BCUT2D eigenvalue weighted by Gasteiger charge is -2.54. The second-order valence-corrected chi connectivity index (χ2v) is 7.20. The second-order valence-electron chi connectivity index (χ2n) is 7.20. The quantitative estimate of drug-likeness (QED) is 0.627. The van der Waals surface area contributed by atoms with E-state index in [0.29, 0.717) is 11.4 Å². The second kappa shape index (κ2) is 6.97. The largest absolute Gasteiger partial charge is 0.341 e. The molecule has 0 radical (unpaired) electrons. The van der Waals surface area contributed by atoms with Crippen molar-refractivity contribution in [1.82, 2.24) is 25.3 Å². The highest BCUT2D eigenvalue weighted by molar-refractivity contribution is 5.92. The molecule has 8 heteroatoms. The number of hydroxylamine groups is 1. The van der Waals surface area contributed by atoms with Gasteiger partial charge in [-0.1, -0.05) is 0 Å². The first-order valence-electron chi connectivity index (χ1n) is 8.80. The number of anilines is 1. The van der Waals surface area contributed by atoms with Crippen molar-refractivity contribution in [3.63, 3.8) is 0 Å². The van der Waals surface area contributed by atoms with Gasteiger partial charge in [0.25, 0.3) is 5.91 Å². The Labute approximate surface area is 151 Å². The summed E-state index contributed by atoms with van der Waals surface area (Å²) in [5.74, 6) is 0.0419. The number of hydrogen-bond acceptors (Lipinski definition) is 7. The smallest absolute Gasteiger partial charge is 0.277 e. The predicted octanol–water partition coefficient (Wildman–Crippen LogP) is 1.09. The minimum Gasteiger partial charge on any atom is -0.341 e. The van der Waals surface area contributed by atoms with Crippen molar-refractivity contribution in [2.45, 2.75) is 19.4 Å². The number of pyridine rings is 1. The standard InChI is InChI=1S/C18H22N6O2/c25-16(22-26)15-9-20-17(21-10-15)24-7-3-18(4-8-24)12-23(13-18)11-14-1-5-19-6-2-14/h1-2,5-6,9-10,26H,3-4,7-8,11-13H2,(H,22,25). The van der Waals surface area contributed by atoms with E-state index < -0.39 is 5.91 Å². The van der Waals surface area contributed by atoms with E-state index in [-0.39, 0.29) is 5.56 Å². The van der Waals surface area contributed by atoms with E-state index in [1.54, 1.807) is 5.48 Å². The zero-order valence-electron chi connectivity index (χ0n) is 14.5. The predicted molar refractivity (Wildman–Crippen MR) is 94.7 cm³/mol. The molecule has 26 heavy (non-hydrogen) atoms. The lowest BCUT2D eigenvalue weighted by molar-refractivity contribution is -0.0241. The van der Waals surface area contributed by atoms with Gasteiger partial charge in [0.05, 0.1) is 5.56 Å². The van der Waals surface area contributed by atoms with Gasteiger partial charge in [-0.2, -0.15) is 0 Å². The molecule has 0 atom stereocenters. The summed E-state index contributed by atoms with van der Waals surface area (Å²) in [6, 6.07) is 4.15. The van der Waals surface area contributed by atoms with Crippen molar-refractivity contribution in [1.29, 1.82) is 0 Å². The van der Waals surface area contributed by atoms with Crippen molar-refractivity contribution in [3.05, 3.63) is 48.0 Å². The number of nitrogens with zero attached hydrogens (tertiary/aromatic N) is 5. The minimum atomic E-state index is -0.599. The Bertz CT molecular complexity index is 751. The van der Waals surface area contributed by atoms with Crippen LogP contribution in [0.25, 0.3) is 0 Å². The van der Waals surface area contributed by atoms with Gasteiger partial charge < -0.3 is 4.90 Å². The van der Waals surface area contributed by atoms with Crippen LogP contribution in [0.15, 0.2) is 36.9 Å². The fourth-order valence-corrected chi connectivity index (χ4v) is 3.92. The molecule has 0 bridgehead atoms. The van der Waals surface area contributed by atoms with Crippen molar-refractivity contribution in [2.24, 2.45) is 5.41 Å². The van der Waals surface area contributed by atoms with Crippen molar-refractivity contribution < 1.29 is 10.0 Å². The van der Waals surface area contributed by atoms with E-state index in [1.165, 1.54) is 18.0 Å². The van der Waals surface area contributed by atoms with Gasteiger partial charge in [0, 0.05) is 57.5 Å². The zero-order valence-corrected chi connectivity index (χ0v) is 14.5. The summed E-state index contributed by atoms with van der Waals surface area (Å²) < 4.78 is 0. The number of likely N-dealkylation sites (tertiary alicyclic amines) is 1. The molecule has 2 fully saturated rings. The van der Waals surface area contributed by atoms with E-state index in [1.807, 2.05) is 12.4 Å². The lowest BCUT2D eigenvalue weighted by atomic mass is 9.72. The third kappa shape index (κ3) is 3.38. The van der Waals surface area contributed by atoms with Crippen LogP contribution in [0.1, 0.15) is 28.8 Å². The number of piperidine rings is 1. The van der Waals surface area contributed by atoms with Crippen LogP contribution in [-0.4, -0.2) is 57.1 Å². The molecule has 0 aliphatic carbocycles. The molecule has 2 N–H and O–H groups in total. The summed E-state index contributed by atoms with van der Waals surface area (Å²) in [5, 5.41) is 8.64. The fraction of sp³-hybridized carbons (Fsp3) is 0.444. The number of hydrogen-bond donors (Lipinski definition) is 2. The van der Waals surface area contributed by atoms with Gasteiger partial charge in [0.15, 0.2) is 0 Å². The number of aromatic nitrogens is 3. The van der Waals surface area contributed by atoms with Crippen LogP contribution in [-0.2, 0) is 6.54 Å². The first-order chi connectivity index (χ1) is 12.7. The number of rotatable bonds is 4. The summed E-state index contributed by atoms with van der Waals surface area (Å²) in [7, 11) is 0. The lowest BCUT2D eigenvalue weighted by Crippen LogP contribution is -2.59. The summed E-state index contributed by atoms with van der Waals surface area (Å²) in [5.41, 5.74) is 3.56. The molecule has 1 spiro atoms. The van der Waals surface area contributed by atoms with Crippen molar-refractivity contribution in [3.8, 4) is 0 Å². The molecule has 136 valence electrons. The van der Waals surface area contributed by atoms with Crippen LogP contribution >= 0.6 is 0 Å². The third-order valence-electron chi connectivity index (χ3n) is 5.38. The summed E-state index contributed by atoms with van der Waals surface area (Å²) in [6.07, 6.45) is 8.83. The zero-order chi connectivity index (χ0) is 18.0. The Morgan fingerprint density at radius 1 is 1.15 bits per heavy atom. The molecular formula is C18H22N6O2. The number of amides is 1. The van der Waals surface area contributed by atoms with Gasteiger partial charge in [-0.3, -0.25) is 19.9 Å². The highest BCUT2D eigenvalue weighted by Gasteiger charge is 2.44. The summed E-state index contributed by atoms with van der Waals surface area (Å²) in [6.45, 7) is 5.12. The number of carbonyl (C=O) groups excluding carboxylic acids is 1. The van der Waals surface area contributed by atoms with E-state index in [0.717, 1.165) is 45.6 Å². The molecule has 0 unspecified atom stereocenters. The maximum absolute atomic E-state index is 11.3. The van der Waals surface area contributed by atoms with Crippen LogP contribution in [0.2, 0.25) is 0 Å². The Hall–Kier alpha value is -2.58. The van der Waals surface area contributed by atoms with Crippen LogP contribution in [0, 0.1) is 5.41 Å². The molecule has 2 aliphatic rings. The molecule has 4 heterocycles. The summed E-state index contributed by atoms with van der Waals surface area (Å²) in [4.78, 5) is 28.6. The first-order valence-corrected chi connectivity index (χ1v) is 8.80. The molecule has 4 rings (SSSR count). The normalized spacial score (nSPS) is 19.2. The highest BCUT2D eigenvalue weighted by Crippen LogP contribution is 2.41. The summed E-state index contributed by atoms with van der Waals surface area (Å²) >= 11 is 0. The molecule has 2 aromatic rings. The van der Waals surface area contributed by atoms with Crippen molar-refractivity contribution >= 4 is 11.9 Å². The third-order valence-corrected chi connectivity index (χ3v) is 5.38. The Balaban J connectivity index is 1.29. The van der Waals surface area contributed by atoms with E-state index in [9.17, 15) is 4.79 Å². The molecular weight excluding hydrogens is 332 g/mol. The van der Waals surface area contributed by atoms with E-state index in [2.05, 4.69) is 36.9 Å². The fourth-order valence-electron chi connectivity index (χ4n) is 3.92. The molecule has 2 aromatic heterocycles. The van der Waals surface area contributed by atoms with Gasteiger partial charge in [0.1, 0.15) is 0 Å². The molecule has 2 saturated heterocycles. The molecule has 0 saturated carbocycles. The average Bonchev–Trinajstić information content (AvgIpc) is 2.68. The van der Waals surface area contributed by atoms with Crippen molar-refractivity contribution in [2.75, 3.05) is 31.1 Å². The molecule has 0 aromatic carbocycles. The monoisotopic (exact) mass is 354 g/mol. The molecule has 8 nitrogen and oxygen atoms in total. The Morgan fingerprint density at radius 3 is 2.42 bits per heavy atom. The number of carbonyl (C=O) groups is 1. The molecule has 1 amide bonds. The van der Waals surface area contributed by atoms with E-state index >= 15 is 0 Å². The molecule has 2 aliphatic heterocycles. The topological polar surface area (TPSA) is 94.5 Å². The Morgan fingerprint density at radius 2 is 1.81 bits per heavy atom. The van der Waals surface area contributed by atoms with Crippen LogP contribution < -0.4 is 10.4 Å². The highest BCUT2D eigenvalue weighted by atomic mass is 16.5. The van der Waals surface area contributed by atoms with E-state index in [4.69, 9.17) is 5.21 Å². The average molecular weight is 354 g/mol. The minimum absolute atomic E-state index is 0.246. The maximum atomic E-state index is 11.3. The van der Waals surface area contributed by atoms with Crippen LogP contribution in [0.4, 0.5) is 5.95 Å². The SMILES string of the molecule is O=C(NO)c1cnc(N2CCC3(CC2)CN(Cc2ccncc2)C3)nc1. The van der Waals surface area contributed by atoms with Gasteiger partial charge >= 0.3 is 0 Å². The Kier molecular flexibility index (Phi) is 4.52. The van der Waals surface area contributed by atoms with Crippen LogP contribution in [0.3, 0.4) is 0 Å². The number of nitrogens with one attached hydrogen (secondary N) is 1. The maximum Gasteiger partial charge on any atom is 0.277 e.